The maximum atomic E-state index is 12.5. The van der Waals surface area contributed by atoms with Crippen molar-refractivity contribution < 1.29 is 32.5 Å². The van der Waals surface area contributed by atoms with Crippen LogP contribution in [0.25, 0.3) is 11.1 Å². The molecule has 168 valence electrons. The highest BCUT2D eigenvalue weighted by Gasteiger charge is 2.38. The molecule has 0 aliphatic carbocycles. The smallest absolute Gasteiger partial charge is 0.417 e. The molecule has 1 N–H and O–H groups in total. The summed E-state index contributed by atoms with van der Waals surface area (Å²) < 4.78 is 48.4. The van der Waals surface area contributed by atoms with Gasteiger partial charge in [0.1, 0.15) is 31.0 Å². The van der Waals surface area contributed by atoms with Gasteiger partial charge in [-0.2, -0.15) is 13.2 Å². The average molecular weight is 444 g/mol. The number of hydrogen-bond acceptors (Lipinski definition) is 4. The van der Waals surface area contributed by atoms with Crippen molar-refractivity contribution in [1.29, 1.82) is 0 Å². The summed E-state index contributed by atoms with van der Waals surface area (Å²) in [5.41, 5.74) is 5.08. The lowest BCUT2D eigenvalue weighted by Crippen LogP contribution is -2.34. The Morgan fingerprint density at radius 1 is 0.938 bits per heavy atom. The van der Waals surface area contributed by atoms with Gasteiger partial charge >= 0.3 is 6.18 Å². The quantitative estimate of drug-likeness (QED) is 0.455. The maximum absolute atomic E-state index is 12.5. The lowest BCUT2D eigenvalue weighted by Gasteiger charge is -2.18. The van der Waals surface area contributed by atoms with Gasteiger partial charge in [-0.25, -0.2) is 0 Å². The fourth-order valence-electron chi connectivity index (χ4n) is 3.36. The van der Waals surface area contributed by atoms with Crippen LogP contribution < -0.4 is 9.47 Å². The van der Waals surface area contributed by atoms with Crippen LogP contribution >= 0.6 is 0 Å². The van der Waals surface area contributed by atoms with Gasteiger partial charge in [-0.3, -0.25) is 4.79 Å². The third-order valence-electron chi connectivity index (χ3n) is 4.93. The molecule has 0 aliphatic heterocycles. The van der Waals surface area contributed by atoms with Crippen LogP contribution in [0.5, 0.6) is 11.5 Å². The molecule has 0 fully saturated rings. The van der Waals surface area contributed by atoms with Gasteiger partial charge < -0.3 is 14.6 Å². The second-order valence-corrected chi connectivity index (χ2v) is 7.48. The normalized spacial score (nSPS) is 12.3. The molecule has 1 atom stereocenters. The minimum Gasteiger partial charge on any atom is -0.491 e. The zero-order valence-corrected chi connectivity index (χ0v) is 17.6. The molecule has 3 aromatic carbocycles. The highest BCUT2D eigenvalue weighted by atomic mass is 19.4. The topological polar surface area (TPSA) is 55.8 Å². The molecule has 0 heterocycles. The lowest BCUT2D eigenvalue weighted by molar-refractivity contribution is -0.210. The molecule has 0 aromatic heterocycles. The number of alkyl halides is 3. The molecule has 0 saturated carbocycles. The van der Waals surface area contributed by atoms with Crippen molar-refractivity contribution in [2.24, 2.45) is 0 Å². The number of aliphatic hydroxyl groups is 1. The number of aryl methyl sites for hydroxylation is 2. The lowest BCUT2D eigenvalue weighted by atomic mass is 9.94. The van der Waals surface area contributed by atoms with Crippen molar-refractivity contribution in [1.82, 2.24) is 0 Å². The van der Waals surface area contributed by atoms with Crippen LogP contribution in [-0.2, 0) is 6.61 Å². The summed E-state index contributed by atoms with van der Waals surface area (Å²) in [7, 11) is 0. The Labute approximate surface area is 184 Å². The van der Waals surface area contributed by atoms with E-state index in [-0.39, 0.29) is 5.75 Å². The number of ether oxygens (including phenoxy) is 2. The first kappa shape index (κ1) is 23.3. The third-order valence-corrected chi connectivity index (χ3v) is 4.93. The summed E-state index contributed by atoms with van der Waals surface area (Å²) in [6.45, 7) is 3.19. The highest BCUT2D eigenvalue weighted by Crippen LogP contribution is 2.32. The van der Waals surface area contributed by atoms with E-state index in [9.17, 15) is 18.0 Å². The van der Waals surface area contributed by atoms with Gasteiger partial charge in [-0.1, -0.05) is 18.2 Å². The first-order valence-corrected chi connectivity index (χ1v) is 9.93. The molecule has 7 heteroatoms. The van der Waals surface area contributed by atoms with Crippen molar-refractivity contribution in [3.8, 4) is 22.6 Å². The van der Waals surface area contributed by atoms with E-state index < -0.39 is 18.9 Å². The fraction of sp³-hybridized carbons (Fsp3) is 0.240. The Hall–Kier alpha value is -3.32. The summed E-state index contributed by atoms with van der Waals surface area (Å²) in [6, 6.07) is 17.9. The van der Waals surface area contributed by atoms with Gasteiger partial charge in [0.2, 0.25) is 0 Å². The number of aliphatic hydroxyl groups excluding tert-OH is 1. The van der Waals surface area contributed by atoms with Crippen LogP contribution in [0.15, 0.2) is 60.7 Å². The molecule has 0 aliphatic rings. The van der Waals surface area contributed by atoms with Crippen LogP contribution in [0.4, 0.5) is 13.2 Å². The Balaban J connectivity index is 1.73. The number of hydrogen-bond donors (Lipinski definition) is 1. The first-order chi connectivity index (χ1) is 15.2. The second-order valence-electron chi connectivity index (χ2n) is 7.48. The number of rotatable bonds is 8. The molecule has 3 aromatic rings. The zero-order chi connectivity index (χ0) is 23.3. The molecular weight excluding hydrogens is 421 g/mol. The summed E-state index contributed by atoms with van der Waals surface area (Å²) in [6.07, 6.45) is -6.48. The van der Waals surface area contributed by atoms with Gasteiger partial charge in [0.05, 0.1) is 0 Å². The molecule has 32 heavy (non-hydrogen) atoms. The minimum absolute atomic E-state index is 0.269. The maximum Gasteiger partial charge on any atom is 0.417 e. The number of aldehydes is 1. The predicted octanol–water partition coefficient (Wildman–Crippen LogP) is 5.66. The molecule has 1 unspecified atom stereocenters. The van der Waals surface area contributed by atoms with Crippen molar-refractivity contribution >= 4 is 6.29 Å². The summed E-state index contributed by atoms with van der Waals surface area (Å²) >= 11 is 0. The zero-order valence-electron chi connectivity index (χ0n) is 17.6. The Morgan fingerprint density at radius 2 is 1.59 bits per heavy atom. The average Bonchev–Trinajstić information content (AvgIpc) is 2.75. The Bertz CT molecular complexity index is 1050. The highest BCUT2D eigenvalue weighted by molar-refractivity contribution is 5.75. The summed E-state index contributed by atoms with van der Waals surface area (Å²) in [5.74, 6) is 0.918. The Kier molecular flexibility index (Phi) is 7.20. The van der Waals surface area contributed by atoms with Crippen LogP contribution in [-0.4, -0.2) is 30.3 Å². The molecule has 0 spiro atoms. The number of carbonyl (C=O) groups is 1. The molecule has 0 amide bonds. The number of halogens is 3. The van der Waals surface area contributed by atoms with Crippen molar-refractivity contribution in [2.45, 2.75) is 32.7 Å². The van der Waals surface area contributed by atoms with Gasteiger partial charge in [-0.05, 0) is 84.1 Å². The van der Waals surface area contributed by atoms with Crippen molar-refractivity contribution in [3.05, 3.63) is 82.9 Å². The minimum atomic E-state index is -4.72. The summed E-state index contributed by atoms with van der Waals surface area (Å²) in [5, 5.41) is 9.13. The monoisotopic (exact) mass is 444 g/mol. The van der Waals surface area contributed by atoms with Crippen LogP contribution in [0.2, 0.25) is 0 Å². The van der Waals surface area contributed by atoms with E-state index in [1.807, 2.05) is 38.1 Å². The molecular formula is C25H23F3O4. The molecule has 3 rings (SSSR count). The number of benzene rings is 3. The molecule has 4 nitrogen and oxygen atoms in total. The van der Waals surface area contributed by atoms with Crippen molar-refractivity contribution in [2.75, 3.05) is 6.61 Å². The van der Waals surface area contributed by atoms with E-state index in [0.717, 1.165) is 34.1 Å². The molecule has 0 saturated heterocycles. The van der Waals surface area contributed by atoms with Crippen LogP contribution in [0.3, 0.4) is 0 Å². The standard InChI is InChI=1S/C25H23F3O4/c1-16-10-22(32-15-23(30)25(26,27)28)11-17(2)24(16)20-5-3-4-19(12-20)14-31-21-8-6-18(13-29)7-9-21/h3-13,23,30H,14-15H2,1-2H3. The van der Waals surface area contributed by atoms with Crippen molar-refractivity contribution in [3.63, 3.8) is 0 Å². The van der Waals surface area contributed by atoms with E-state index in [2.05, 4.69) is 0 Å². The van der Waals surface area contributed by atoms with E-state index in [4.69, 9.17) is 14.6 Å². The first-order valence-electron chi connectivity index (χ1n) is 9.93. The largest absolute Gasteiger partial charge is 0.491 e. The molecule has 0 radical (unpaired) electrons. The van der Waals surface area contributed by atoms with Crippen LogP contribution in [0, 0.1) is 13.8 Å². The van der Waals surface area contributed by atoms with E-state index in [1.54, 1.807) is 36.4 Å². The third kappa shape index (κ3) is 5.88. The Morgan fingerprint density at radius 3 is 2.19 bits per heavy atom. The number of carbonyl (C=O) groups excluding carboxylic acids is 1. The van der Waals surface area contributed by atoms with Gasteiger partial charge in [-0.15, -0.1) is 0 Å². The molecule has 0 bridgehead atoms. The predicted molar refractivity (Wildman–Crippen MR) is 115 cm³/mol. The van der Waals surface area contributed by atoms with Gasteiger partial charge in [0, 0.05) is 5.56 Å². The van der Waals surface area contributed by atoms with E-state index in [0.29, 0.717) is 17.9 Å². The van der Waals surface area contributed by atoms with E-state index >= 15 is 0 Å². The fourth-order valence-corrected chi connectivity index (χ4v) is 3.36. The van der Waals surface area contributed by atoms with Gasteiger partial charge in [0.25, 0.3) is 0 Å². The van der Waals surface area contributed by atoms with Gasteiger partial charge in [0.15, 0.2) is 6.10 Å². The van der Waals surface area contributed by atoms with Crippen LogP contribution in [0.1, 0.15) is 27.0 Å². The van der Waals surface area contributed by atoms with E-state index in [1.165, 1.54) is 0 Å². The second kappa shape index (κ2) is 9.87. The SMILES string of the molecule is Cc1cc(OCC(O)C(F)(F)F)cc(C)c1-c1cccc(COc2ccc(C=O)cc2)c1. The summed E-state index contributed by atoms with van der Waals surface area (Å²) in [4.78, 5) is 10.7.